The van der Waals surface area contributed by atoms with E-state index in [0.29, 0.717) is 22.7 Å². The number of rotatable bonds is 7. The van der Waals surface area contributed by atoms with E-state index in [1.165, 1.54) is 11.9 Å². The predicted molar refractivity (Wildman–Crippen MR) is 97.0 cm³/mol. The molecule has 1 heterocycles. The van der Waals surface area contributed by atoms with E-state index in [1.807, 2.05) is 26.0 Å². The third-order valence-corrected chi connectivity index (χ3v) is 4.29. The second-order valence-electron chi connectivity index (χ2n) is 5.64. The predicted octanol–water partition coefficient (Wildman–Crippen LogP) is 1.66. The molecule has 9 heteroatoms. The first kappa shape index (κ1) is 19.5. The zero-order chi connectivity index (χ0) is 19.1. The quantitative estimate of drug-likeness (QED) is 0.738. The number of aryl methyl sites for hydroxylation is 2. The van der Waals surface area contributed by atoms with Crippen LogP contribution in [-0.2, 0) is 20.7 Å². The second kappa shape index (κ2) is 9.04. The highest BCUT2D eigenvalue weighted by atomic mass is 32.1. The average molecular weight is 376 g/mol. The van der Waals surface area contributed by atoms with Crippen LogP contribution in [0.3, 0.4) is 0 Å². The van der Waals surface area contributed by atoms with Gasteiger partial charge in [-0.3, -0.25) is 9.59 Å². The van der Waals surface area contributed by atoms with Crippen LogP contribution in [0.2, 0.25) is 0 Å². The van der Waals surface area contributed by atoms with Crippen molar-refractivity contribution >= 4 is 35.0 Å². The molecule has 0 radical (unpaired) electrons. The molecule has 0 bridgehead atoms. The van der Waals surface area contributed by atoms with Crippen molar-refractivity contribution in [2.45, 2.75) is 20.3 Å². The molecule has 0 atom stereocenters. The van der Waals surface area contributed by atoms with E-state index in [-0.39, 0.29) is 12.5 Å². The molecule has 2 rings (SSSR count). The molecule has 2 aromatic rings. The van der Waals surface area contributed by atoms with E-state index in [9.17, 15) is 14.4 Å². The van der Waals surface area contributed by atoms with E-state index >= 15 is 0 Å². The fourth-order valence-electron chi connectivity index (χ4n) is 2.04. The van der Waals surface area contributed by atoms with Gasteiger partial charge < -0.3 is 15.0 Å². The number of hydrogen-bond acceptors (Lipinski definition) is 7. The highest BCUT2D eigenvalue weighted by Crippen LogP contribution is 2.12. The van der Waals surface area contributed by atoms with Gasteiger partial charge in [0.25, 0.3) is 5.91 Å². The lowest BCUT2D eigenvalue weighted by molar-refractivity contribution is -0.136. The zero-order valence-corrected chi connectivity index (χ0v) is 15.6. The Morgan fingerprint density at radius 1 is 1.23 bits per heavy atom. The number of hydrogen-bond donors (Lipinski definition) is 1. The van der Waals surface area contributed by atoms with Crippen molar-refractivity contribution < 1.29 is 19.1 Å². The Bertz CT molecular complexity index is 788. The van der Waals surface area contributed by atoms with Gasteiger partial charge in [-0.2, -0.15) is 0 Å². The molecule has 1 N–H and O–H groups in total. The minimum Gasteiger partial charge on any atom is -0.451 e. The van der Waals surface area contributed by atoms with E-state index in [4.69, 9.17) is 4.74 Å². The summed E-state index contributed by atoms with van der Waals surface area (Å²) in [4.78, 5) is 37.5. The van der Waals surface area contributed by atoms with Gasteiger partial charge in [-0.15, -0.1) is 5.10 Å². The lowest BCUT2D eigenvalue weighted by Crippen LogP contribution is -2.37. The third-order valence-electron chi connectivity index (χ3n) is 3.54. The molecule has 26 heavy (non-hydrogen) atoms. The van der Waals surface area contributed by atoms with Crippen LogP contribution in [0.4, 0.5) is 5.69 Å². The number of esters is 1. The normalized spacial score (nSPS) is 10.3. The van der Waals surface area contributed by atoms with Gasteiger partial charge in [-0.25, -0.2) is 4.79 Å². The molecule has 1 aromatic heterocycles. The first-order valence-corrected chi connectivity index (χ1v) is 8.77. The fraction of sp³-hybridized carbons (Fsp3) is 0.353. The van der Waals surface area contributed by atoms with Crippen molar-refractivity contribution in [3.05, 3.63) is 40.4 Å². The van der Waals surface area contributed by atoms with Gasteiger partial charge in [0, 0.05) is 12.7 Å². The van der Waals surface area contributed by atoms with Gasteiger partial charge in [0.05, 0.1) is 12.2 Å². The van der Waals surface area contributed by atoms with Crippen LogP contribution in [-0.4, -0.2) is 52.5 Å². The van der Waals surface area contributed by atoms with E-state index in [0.717, 1.165) is 17.1 Å². The van der Waals surface area contributed by atoms with Crippen molar-refractivity contribution in [2.75, 3.05) is 25.5 Å². The number of anilines is 1. The molecule has 2 amide bonds. The smallest absolute Gasteiger partial charge is 0.352 e. The van der Waals surface area contributed by atoms with Gasteiger partial charge >= 0.3 is 5.97 Å². The van der Waals surface area contributed by atoms with Gasteiger partial charge in [0.1, 0.15) is 0 Å². The SMILES string of the molecule is CCc1nnsc1C(=O)OCC(=O)N(C)CC(=O)Nc1ccc(C)cc1. The molecule has 0 unspecified atom stereocenters. The van der Waals surface area contributed by atoms with E-state index < -0.39 is 18.5 Å². The highest BCUT2D eigenvalue weighted by molar-refractivity contribution is 7.07. The second-order valence-corrected chi connectivity index (χ2v) is 6.40. The Kier molecular flexibility index (Phi) is 6.79. The van der Waals surface area contributed by atoms with Crippen LogP contribution in [0, 0.1) is 6.92 Å². The maximum Gasteiger partial charge on any atom is 0.352 e. The molecule has 0 saturated carbocycles. The summed E-state index contributed by atoms with van der Waals surface area (Å²) in [5, 5.41) is 6.52. The number of amides is 2. The number of nitrogens with zero attached hydrogens (tertiary/aromatic N) is 3. The lowest BCUT2D eigenvalue weighted by Gasteiger charge is -2.16. The Morgan fingerprint density at radius 3 is 2.58 bits per heavy atom. The van der Waals surface area contributed by atoms with Crippen molar-refractivity contribution in [1.82, 2.24) is 14.5 Å². The minimum atomic E-state index is -0.636. The van der Waals surface area contributed by atoms with Crippen LogP contribution in [0.5, 0.6) is 0 Å². The van der Waals surface area contributed by atoms with Crippen LogP contribution < -0.4 is 5.32 Å². The number of aromatic nitrogens is 2. The van der Waals surface area contributed by atoms with Gasteiger partial charge in [-0.1, -0.05) is 29.1 Å². The molecule has 0 aliphatic heterocycles. The Morgan fingerprint density at radius 2 is 1.92 bits per heavy atom. The van der Waals surface area contributed by atoms with Crippen LogP contribution in [0.1, 0.15) is 27.9 Å². The molecule has 0 fully saturated rings. The number of carbonyl (C=O) groups excluding carboxylic acids is 3. The molecule has 0 spiro atoms. The lowest BCUT2D eigenvalue weighted by atomic mass is 10.2. The molecule has 0 aliphatic rings. The largest absolute Gasteiger partial charge is 0.451 e. The summed E-state index contributed by atoms with van der Waals surface area (Å²) in [6, 6.07) is 7.32. The van der Waals surface area contributed by atoms with Crippen molar-refractivity contribution in [3.8, 4) is 0 Å². The van der Waals surface area contributed by atoms with Crippen LogP contribution in [0.25, 0.3) is 0 Å². The Balaban J connectivity index is 1.80. The van der Waals surface area contributed by atoms with E-state index in [2.05, 4.69) is 14.9 Å². The maximum absolute atomic E-state index is 12.0. The van der Waals surface area contributed by atoms with E-state index in [1.54, 1.807) is 12.1 Å². The summed E-state index contributed by atoms with van der Waals surface area (Å²) >= 11 is 0.930. The van der Waals surface area contributed by atoms with Crippen molar-refractivity contribution in [1.29, 1.82) is 0 Å². The molecule has 0 saturated heterocycles. The topological polar surface area (TPSA) is 101 Å². The summed E-state index contributed by atoms with van der Waals surface area (Å²) in [5.74, 6) is -1.45. The summed E-state index contributed by atoms with van der Waals surface area (Å²) in [6.45, 7) is 3.20. The van der Waals surface area contributed by atoms with Crippen LogP contribution >= 0.6 is 11.5 Å². The maximum atomic E-state index is 12.0. The summed E-state index contributed by atoms with van der Waals surface area (Å²) < 4.78 is 8.70. The number of benzene rings is 1. The average Bonchev–Trinajstić information content (AvgIpc) is 3.10. The fourth-order valence-corrected chi connectivity index (χ4v) is 2.68. The minimum absolute atomic E-state index is 0.146. The van der Waals surface area contributed by atoms with Gasteiger partial charge in [0.15, 0.2) is 11.5 Å². The first-order chi connectivity index (χ1) is 12.4. The van der Waals surface area contributed by atoms with Gasteiger partial charge in [0.2, 0.25) is 5.91 Å². The van der Waals surface area contributed by atoms with Crippen molar-refractivity contribution in [3.63, 3.8) is 0 Å². The summed E-state index contributed by atoms with van der Waals surface area (Å²) in [5.41, 5.74) is 2.27. The molecule has 8 nitrogen and oxygen atoms in total. The number of nitrogens with one attached hydrogen (secondary N) is 1. The van der Waals surface area contributed by atoms with Gasteiger partial charge in [-0.05, 0) is 37.0 Å². The Hall–Kier alpha value is -2.81. The first-order valence-electron chi connectivity index (χ1n) is 7.99. The van der Waals surface area contributed by atoms with Crippen molar-refractivity contribution in [2.24, 2.45) is 0 Å². The number of carbonyl (C=O) groups is 3. The van der Waals surface area contributed by atoms with Crippen LogP contribution in [0.15, 0.2) is 24.3 Å². The summed E-state index contributed by atoms with van der Waals surface area (Å²) in [6.07, 6.45) is 0.550. The molecule has 1 aromatic carbocycles. The number of ether oxygens (including phenoxy) is 1. The monoisotopic (exact) mass is 376 g/mol. The Labute approximate surface area is 155 Å². The highest BCUT2D eigenvalue weighted by Gasteiger charge is 2.20. The standard InChI is InChI=1S/C17H20N4O4S/c1-4-13-16(26-20-19-13)17(24)25-10-15(23)21(3)9-14(22)18-12-7-5-11(2)6-8-12/h5-8H,4,9-10H2,1-3H3,(H,18,22). The zero-order valence-electron chi connectivity index (χ0n) is 14.8. The molecule has 0 aliphatic carbocycles. The molecular formula is C17H20N4O4S. The number of likely N-dealkylation sites (N-methyl/N-ethyl adjacent to an activating group) is 1. The molecule has 138 valence electrons. The molecular weight excluding hydrogens is 356 g/mol. The third kappa shape index (κ3) is 5.35. The summed E-state index contributed by atoms with van der Waals surface area (Å²) in [7, 11) is 1.47.